The number of rotatable bonds is 4. The molecule has 0 saturated carbocycles. The fourth-order valence-corrected chi connectivity index (χ4v) is 5.44. The molecule has 2 aromatic carbocycles. The van der Waals surface area contributed by atoms with Gasteiger partial charge in [0, 0.05) is 36.9 Å². The Bertz CT molecular complexity index is 884. The number of hydrogen-bond acceptors (Lipinski definition) is 4. The third-order valence-corrected chi connectivity index (χ3v) is 7.12. The minimum absolute atomic E-state index is 0.384. The Labute approximate surface area is 160 Å². The van der Waals surface area contributed by atoms with E-state index < -0.39 is 10.0 Å². The Hall–Kier alpha value is -1.76. The molecule has 0 spiro atoms. The molecule has 0 atom stereocenters. The van der Waals surface area contributed by atoms with Crippen molar-refractivity contribution in [1.29, 1.82) is 0 Å². The van der Waals surface area contributed by atoms with Gasteiger partial charge in [-0.25, -0.2) is 8.42 Å². The number of aryl methyl sites for hydroxylation is 2. The van der Waals surface area contributed by atoms with Crippen LogP contribution in [-0.4, -0.2) is 46.0 Å². The van der Waals surface area contributed by atoms with Crippen LogP contribution in [0.15, 0.2) is 41.3 Å². The van der Waals surface area contributed by atoms with Gasteiger partial charge in [-0.2, -0.15) is 4.31 Å². The summed E-state index contributed by atoms with van der Waals surface area (Å²) >= 11 is 6.06. The molecule has 1 fully saturated rings. The van der Waals surface area contributed by atoms with Gasteiger partial charge in [0.15, 0.2) is 0 Å². The zero-order valence-corrected chi connectivity index (χ0v) is 16.8. The summed E-state index contributed by atoms with van der Waals surface area (Å²) < 4.78 is 33.1. The predicted octanol–water partition coefficient (Wildman–Crippen LogP) is 3.48. The molecule has 0 amide bonds. The third-order valence-electron chi connectivity index (χ3n) is 4.68. The first-order valence-corrected chi connectivity index (χ1v) is 10.3. The van der Waals surface area contributed by atoms with E-state index >= 15 is 0 Å². The van der Waals surface area contributed by atoms with Crippen LogP contribution in [0.3, 0.4) is 0 Å². The molecule has 0 N–H and O–H groups in total. The number of piperazine rings is 1. The lowest BCUT2D eigenvalue weighted by Gasteiger charge is -2.36. The maximum absolute atomic E-state index is 13.2. The van der Waals surface area contributed by atoms with E-state index in [0.717, 1.165) is 5.69 Å². The van der Waals surface area contributed by atoms with Crippen LogP contribution in [-0.2, 0) is 10.0 Å². The summed E-state index contributed by atoms with van der Waals surface area (Å²) in [5, 5.41) is 0.682. The van der Waals surface area contributed by atoms with Crippen molar-refractivity contribution in [2.45, 2.75) is 18.7 Å². The summed E-state index contributed by atoms with van der Waals surface area (Å²) in [4.78, 5) is 2.54. The SMILES string of the molecule is COc1cc(C)c(S(=O)(=O)N2CCN(c3cccc(Cl)c3)CC2)c(C)c1. The molecule has 0 unspecified atom stereocenters. The van der Waals surface area contributed by atoms with E-state index in [2.05, 4.69) is 4.90 Å². The van der Waals surface area contributed by atoms with Crippen LogP contribution in [0.25, 0.3) is 0 Å². The first kappa shape index (κ1) is 19.0. The second kappa shape index (κ2) is 7.47. The van der Waals surface area contributed by atoms with E-state index in [1.54, 1.807) is 23.5 Å². The fourth-order valence-electron chi connectivity index (χ4n) is 3.42. The second-order valence-corrected chi connectivity index (χ2v) is 8.77. The van der Waals surface area contributed by atoms with Crippen LogP contribution in [0.4, 0.5) is 5.69 Å². The van der Waals surface area contributed by atoms with Crippen molar-refractivity contribution in [3.05, 3.63) is 52.5 Å². The van der Waals surface area contributed by atoms with Crippen LogP contribution >= 0.6 is 11.6 Å². The van der Waals surface area contributed by atoms with Crippen LogP contribution < -0.4 is 9.64 Å². The topological polar surface area (TPSA) is 49.9 Å². The van der Waals surface area contributed by atoms with Crippen molar-refractivity contribution in [2.24, 2.45) is 0 Å². The number of anilines is 1. The van der Waals surface area contributed by atoms with Crippen molar-refractivity contribution < 1.29 is 13.2 Å². The Balaban J connectivity index is 1.80. The summed E-state index contributed by atoms with van der Waals surface area (Å²) in [7, 11) is -1.96. The number of nitrogens with zero attached hydrogens (tertiary/aromatic N) is 2. The molecular weight excluding hydrogens is 372 g/mol. The van der Waals surface area contributed by atoms with E-state index in [1.165, 1.54) is 0 Å². The van der Waals surface area contributed by atoms with Gasteiger partial charge >= 0.3 is 0 Å². The second-order valence-electron chi connectivity index (χ2n) is 6.46. The quantitative estimate of drug-likeness (QED) is 0.796. The Morgan fingerprint density at radius 2 is 1.62 bits per heavy atom. The zero-order chi connectivity index (χ0) is 18.9. The molecule has 1 heterocycles. The molecule has 0 radical (unpaired) electrons. The molecule has 1 aliphatic heterocycles. The highest BCUT2D eigenvalue weighted by Gasteiger charge is 2.31. The van der Waals surface area contributed by atoms with Crippen molar-refractivity contribution in [3.63, 3.8) is 0 Å². The first-order chi connectivity index (χ1) is 12.3. The zero-order valence-electron chi connectivity index (χ0n) is 15.2. The molecule has 140 valence electrons. The number of ether oxygens (including phenoxy) is 1. The number of sulfonamides is 1. The molecule has 7 heteroatoms. The van der Waals surface area contributed by atoms with Gasteiger partial charge in [-0.05, 0) is 55.3 Å². The minimum atomic E-state index is -3.54. The molecule has 26 heavy (non-hydrogen) atoms. The maximum Gasteiger partial charge on any atom is 0.243 e. The Morgan fingerprint density at radius 3 is 2.15 bits per heavy atom. The van der Waals surface area contributed by atoms with Crippen molar-refractivity contribution in [1.82, 2.24) is 4.31 Å². The van der Waals surface area contributed by atoms with Gasteiger partial charge < -0.3 is 9.64 Å². The lowest BCUT2D eigenvalue weighted by atomic mass is 10.1. The highest BCUT2D eigenvalue weighted by molar-refractivity contribution is 7.89. The van der Waals surface area contributed by atoms with Crippen LogP contribution in [0, 0.1) is 13.8 Å². The van der Waals surface area contributed by atoms with Gasteiger partial charge in [0.1, 0.15) is 5.75 Å². The normalized spacial score (nSPS) is 15.9. The fraction of sp³-hybridized carbons (Fsp3) is 0.368. The van der Waals surface area contributed by atoms with E-state index in [0.29, 0.717) is 53.0 Å². The standard InChI is InChI=1S/C19H23ClN2O3S/c1-14-11-18(25-3)12-15(2)19(14)26(23,24)22-9-7-21(8-10-22)17-6-4-5-16(20)13-17/h4-6,11-13H,7-10H2,1-3H3. The summed E-state index contributed by atoms with van der Waals surface area (Å²) in [6, 6.07) is 11.2. The van der Waals surface area contributed by atoms with Gasteiger partial charge in [0.25, 0.3) is 0 Å². The number of methoxy groups -OCH3 is 1. The minimum Gasteiger partial charge on any atom is -0.497 e. The van der Waals surface area contributed by atoms with E-state index in [1.807, 2.05) is 38.1 Å². The van der Waals surface area contributed by atoms with Gasteiger partial charge in [0.2, 0.25) is 10.0 Å². The molecule has 1 saturated heterocycles. The third kappa shape index (κ3) is 3.68. The highest BCUT2D eigenvalue weighted by Crippen LogP contribution is 2.29. The molecule has 0 aromatic heterocycles. The first-order valence-electron chi connectivity index (χ1n) is 8.49. The summed E-state index contributed by atoms with van der Waals surface area (Å²) in [6.45, 7) is 5.77. The van der Waals surface area contributed by atoms with Gasteiger partial charge in [-0.15, -0.1) is 0 Å². The van der Waals surface area contributed by atoms with Crippen molar-refractivity contribution >= 4 is 27.3 Å². The Kier molecular flexibility index (Phi) is 5.46. The molecule has 2 aromatic rings. The van der Waals surface area contributed by atoms with Gasteiger partial charge in [-0.1, -0.05) is 17.7 Å². The molecule has 5 nitrogen and oxygen atoms in total. The predicted molar refractivity (Wildman–Crippen MR) is 105 cm³/mol. The lowest BCUT2D eigenvalue weighted by Crippen LogP contribution is -2.48. The van der Waals surface area contributed by atoms with Crippen molar-refractivity contribution in [2.75, 3.05) is 38.2 Å². The smallest absolute Gasteiger partial charge is 0.243 e. The van der Waals surface area contributed by atoms with Crippen LogP contribution in [0.2, 0.25) is 5.02 Å². The van der Waals surface area contributed by atoms with Crippen LogP contribution in [0.1, 0.15) is 11.1 Å². The average Bonchev–Trinajstić information content (AvgIpc) is 2.61. The number of hydrogen-bond donors (Lipinski definition) is 0. The highest BCUT2D eigenvalue weighted by atomic mass is 35.5. The van der Waals surface area contributed by atoms with E-state index in [4.69, 9.17) is 16.3 Å². The average molecular weight is 395 g/mol. The lowest BCUT2D eigenvalue weighted by molar-refractivity contribution is 0.384. The van der Waals surface area contributed by atoms with E-state index in [-0.39, 0.29) is 0 Å². The monoisotopic (exact) mass is 394 g/mol. The summed E-state index contributed by atoms with van der Waals surface area (Å²) in [5.74, 6) is 0.671. The van der Waals surface area contributed by atoms with Crippen LogP contribution in [0.5, 0.6) is 5.75 Å². The molecule has 0 aliphatic carbocycles. The van der Waals surface area contributed by atoms with Crippen molar-refractivity contribution in [3.8, 4) is 5.75 Å². The molecule has 1 aliphatic rings. The largest absolute Gasteiger partial charge is 0.497 e. The molecule has 0 bridgehead atoms. The molecular formula is C19H23ClN2O3S. The maximum atomic E-state index is 13.2. The summed E-state index contributed by atoms with van der Waals surface area (Å²) in [5.41, 5.74) is 2.43. The van der Waals surface area contributed by atoms with E-state index in [9.17, 15) is 8.42 Å². The summed E-state index contributed by atoms with van der Waals surface area (Å²) in [6.07, 6.45) is 0. The molecule has 3 rings (SSSR count). The van der Waals surface area contributed by atoms with Gasteiger partial charge in [-0.3, -0.25) is 0 Å². The Morgan fingerprint density at radius 1 is 1.00 bits per heavy atom. The number of benzene rings is 2. The van der Waals surface area contributed by atoms with Gasteiger partial charge in [0.05, 0.1) is 12.0 Å². The number of halogens is 1.